The fourth-order valence-electron chi connectivity index (χ4n) is 1.73. The SMILES string of the molecule is O=C(CCn1nccc1C(=O)O)NCCn1cccn1. The third kappa shape index (κ3) is 3.67. The average Bonchev–Trinajstić information content (AvgIpc) is 3.07. The van der Waals surface area contributed by atoms with E-state index in [4.69, 9.17) is 5.11 Å². The van der Waals surface area contributed by atoms with Gasteiger partial charge in [-0.3, -0.25) is 14.2 Å². The maximum atomic E-state index is 11.6. The highest BCUT2D eigenvalue weighted by Crippen LogP contribution is 2.00. The van der Waals surface area contributed by atoms with Gasteiger partial charge in [0.2, 0.25) is 5.91 Å². The summed E-state index contributed by atoms with van der Waals surface area (Å²) in [5.74, 6) is -1.20. The smallest absolute Gasteiger partial charge is 0.354 e. The number of carboxylic acid groups (broad SMARTS) is 1. The highest BCUT2D eigenvalue weighted by atomic mass is 16.4. The van der Waals surface area contributed by atoms with E-state index < -0.39 is 5.97 Å². The summed E-state index contributed by atoms with van der Waals surface area (Å²) in [6.07, 6.45) is 5.07. The number of carboxylic acids is 1. The number of carbonyl (C=O) groups excluding carboxylic acids is 1. The van der Waals surface area contributed by atoms with Gasteiger partial charge < -0.3 is 10.4 Å². The van der Waals surface area contributed by atoms with Gasteiger partial charge in [0.05, 0.1) is 13.1 Å². The van der Waals surface area contributed by atoms with Gasteiger partial charge in [-0.05, 0) is 12.1 Å². The van der Waals surface area contributed by atoms with Gasteiger partial charge in [0.1, 0.15) is 5.69 Å². The Morgan fingerprint density at radius 2 is 2.10 bits per heavy atom. The van der Waals surface area contributed by atoms with Crippen molar-refractivity contribution in [3.05, 3.63) is 36.4 Å². The van der Waals surface area contributed by atoms with Crippen LogP contribution >= 0.6 is 0 Å². The highest BCUT2D eigenvalue weighted by molar-refractivity contribution is 5.85. The van der Waals surface area contributed by atoms with Gasteiger partial charge in [0.15, 0.2) is 0 Å². The van der Waals surface area contributed by atoms with Crippen molar-refractivity contribution >= 4 is 11.9 Å². The van der Waals surface area contributed by atoms with Crippen LogP contribution in [0.25, 0.3) is 0 Å². The predicted octanol–water partition coefficient (Wildman–Crippen LogP) is -0.0157. The topological polar surface area (TPSA) is 102 Å². The molecule has 8 nitrogen and oxygen atoms in total. The molecular formula is C12H15N5O3. The molecule has 0 atom stereocenters. The number of aromatic nitrogens is 4. The minimum atomic E-state index is -1.05. The van der Waals surface area contributed by atoms with Crippen molar-refractivity contribution in [3.63, 3.8) is 0 Å². The summed E-state index contributed by atoms with van der Waals surface area (Å²) in [6.45, 7) is 1.31. The van der Waals surface area contributed by atoms with Gasteiger partial charge in [-0.1, -0.05) is 0 Å². The highest BCUT2D eigenvalue weighted by Gasteiger charge is 2.11. The van der Waals surface area contributed by atoms with E-state index in [1.165, 1.54) is 16.9 Å². The summed E-state index contributed by atoms with van der Waals surface area (Å²) < 4.78 is 3.02. The Bertz CT molecular complexity index is 576. The van der Waals surface area contributed by atoms with Crippen LogP contribution in [0.2, 0.25) is 0 Å². The maximum Gasteiger partial charge on any atom is 0.354 e. The van der Waals surface area contributed by atoms with E-state index in [2.05, 4.69) is 15.5 Å². The lowest BCUT2D eigenvalue weighted by Gasteiger charge is -2.06. The molecule has 2 aromatic heterocycles. The molecule has 2 aromatic rings. The van der Waals surface area contributed by atoms with Gasteiger partial charge >= 0.3 is 5.97 Å². The van der Waals surface area contributed by atoms with Crippen LogP contribution in [-0.4, -0.2) is 43.1 Å². The van der Waals surface area contributed by atoms with Crippen LogP contribution in [-0.2, 0) is 17.9 Å². The van der Waals surface area contributed by atoms with Crippen LogP contribution < -0.4 is 5.32 Å². The summed E-state index contributed by atoms with van der Waals surface area (Å²) in [5.41, 5.74) is 0.0781. The molecule has 0 aliphatic carbocycles. The Hall–Kier alpha value is -2.64. The second kappa shape index (κ2) is 6.50. The first-order valence-electron chi connectivity index (χ1n) is 6.16. The molecule has 0 aromatic carbocycles. The molecule has 0 spiro atoms. The van der Waals surface area contributed by atoms with E-state index in [0.717, 1.165) is 0 Å². The monoisotopic (exact) mass is 277 g/mol. The van der Waals surface area contributed by atoms with Crippen LogP contribution in [0.4, 0.5) is 0 Å². The van der Waals surface area contributed by atoms with Gasteiger partial charge in [-0.25, -0.2) is 4.79 Å². The predicted molar refractivity (Wildman–Crippen MR) is 69.0 cm³/mol. The minimum Gasteiger partial charge on any atom is -0.477 e. The van der Waals surface area contributed by atoms with Gasteiger partial charge in [0, 0.05) is 31.6 Å². The fraction of sp³-hybridized carbons (Fsp3) is 0.333. The lowest BCUT2D eigenvalue weighted by Crippen LogP contribution is -2.28. The minimum absolute atomic E-state index is 0.0781. The van der Waals surface area contributed by atoms with Gasteiger partial charge in [0.25, 0.3) is 0 Å². The first-order valence-corrected chi connectivity index (χ1v) is 6.16. The Labute approximate surface area is 115 Å². The average molecular weight is 277 g/mol. The summed E-state index contributed by atoms with van der Waals surface area (Å²) >= 11 is 0. The molecule has 0 saturated heterocycles. The Balaban J connectivity index is 1.72. The van der Waals surface area contributed by atoms with E-state index in [9.17, 15) is 9.59 Å². The zero-order valence-corrected chi connectivity index (χ0v) is 10.8. The van der Waals surface area contributed by atoms with E-state index in [-0.39, 0.29) is 24.6 Å². The lowest BCUT2D eigenvalue weighted by molar-refractivity contribution is -0.121. The van der Waals surface area contributed by atoms with Crippen molar-refractivity contribution < 1.29 is 14.7 Å². The van der Waals surface area contributed by atoms with Crippen LogP contribution in [0.15, 0.2) is 30.7 Å². The normalized spacial score (nSPS) is 10.4. The number of carbonyl (C=O) groups is 2. The molecule has 0 unspecified atom stereocenters. The third-order valence-corrected chi connectivity index (χ3v) is 2.71. The van der Waals surface area contributed by atoms with Crippen molar-refractivity contribution in [3.8, 4) is 0 Å². The molecule has 106 valence electrons. The molecule has 0 radical (unpaired) electrons. The quantitative estimate of drug-likeness (QED) is 0.740. The number of rotatable bonds is 7. The molecule has 2 rings (SSSR count). The molecule has 2 heterocycles. The summed E-state index contributed by atoms with van der Waals surface area (Å²) in [6, 6.07) is 3.21. The Morgan fingerprint density at radius 3 is 2.80 bits per heavy atom. The van der Waals surface area contributed by atoms with E-state index in [0.29, 0.717) is 13.1 Å². The number of hydrogen-bond donors (Lipinski definition) is 2. The molecule has 2 N–H and O–H groups in total. The fourth-order valence-corrected chi connectivity index (χ4v) is 1.73. The summed E-state index contributed by atoms with van der Waals surface area (Å²) in [7, 11) is 0. The molecule has 0 aliphatic rings. The molecule has 0 fully saturated rings. The Kier molecular flexibility index (Phi) is 4.48. The molecule has 20 heavy (non-hydrogen) atoms. The van der Waals surface area contributed by atoms with Crippen molar-refractivity contribution in [2.45, 2.75) is 19.5 Å². The van der Waals surface area contributed by atoms with Gasteiger partial charge in [-0.2, -0.15) is 10.2 Å². The van der Waals surface area contributed by atoms with Crippen LogP contribution in [0.3, 0.4) is 0 Å². The number of aryl methyl sites for hydroxylation is 1. The molecule has 8 heteroatoms. The van der Waals surface area contributed by atoms with Crippen LogP contribution in [0.1, 0.15) is 16.9 Å². The van der Waals surface area contributed by atoms with Gasteiger partial charge in [-0.15, -0.1) is 0 Å². The van der Waals surface area contributed by atoms with Crippen molar-refractivity contribution in [1.29, 1.82) is 0 Å². The summed E-state index contributed by atoms with van der Waals surface area (Å²) in [5, 5.41) is 19.5. The number of nitrogens with zero attached hydrogens (tertiary/aromatic N) is 4. The zero-order valence-electron chi connectivity index (χ0n) is 10.8. The van der Waals surface area contributed by atoms with E-state index in [1.807, 2.05) is 12.3 Å². The summed E-state index contributed by atoms with van der Waals surface area (Å²) in [4.78, 5) is 22.5. The second-order valence-electron chi connectivity index (χ2n) is 4.11. The van der Waals surface area contributed by atoms with Crippen molar-refractivity contribution in [1.82, 2.24) is 24.9 Å². The van der Waals surface area contributed by atoms with Crippen molar-refractivity contribution in [2.75, 3.05) is 6.54 Å². The van der Waals surface area contributed by atoms with Crippen LogP contribution in [0.5, 0.6) is 0 Å². The largest absolute Gasteiger partial charge is 0.477 e. The molecule has 1 amide bonds. The van der Waals surface area contributed by atoms with E-state index in [1.54, 1.807) is 10.9 Å². The molecular weight excluding hydrogens is 262 g/mol. The second-order valence-corrected chi connectivity index (χ2v) is 4.11. The molecule has 0 bridgehead atoms. The van der Waals surface area contributed by atoms with Crippen LogP contribution in [0, 0.1) is 0 Å². The third-order valence-electron chi connectivity index (χ3n) is 2.71. The standard InChI is InChI=1S/C12H15N5O3/c18-11(13-6-9-16-7-1-4-14-16)3-8-17-10(12(19)20)2-5-15-17/h1-2,4-5,7H,3,6,8-9H2,(H,13,18)(H,19,20). The van der Waals surface area contributed by atoms with E-state index >= 15 is 0 Å². The first-order chi connectivity index (χ1) is 9.66. The zero-order chi connectivity index (χ0) is 14.4. The van der Waals surface area contributed by atoms with Crippen molar-refractivity contribution in [2.24, 2.45) is 0 Å². The lowest BCUT2D eigenvalue weighted by atomic mass is 10.3. The molecule has 0 aliphatic heterocycles. The number of hydrogen-bond acceptors (Lipinski definition) is 4. The Morgan fingerprint density at radius 1 is 1.25 bits per heavy atom. The number of nitrogens with one attached hydrogen (secondary N) is 1. The molecule has 0 saturated carbocycles. The number of aromatic carboxylic acids is 1. The first kappa shape index (κ1) is 13.8. The number of amides is 1. The maximum absolute atomic E-state index is 11.6.